The number of sulfonamides is 1. The van der Waals surface area contributed by atoms with Crippen LogP contribution in [0.4, 0.5) is 0 Å². The van der Waals surface area contributed by atoms with Crippen molar-refractivity contribution in [3.63, 3.8) is 0 Å². The first-order chi connectivity index (χ1) is 8.36. The molecule has 100 valence electrons. The van der Waals surface area contributed by atoms with Crippen molar-refractivity contribution < 1.29 is 8.42 Å². The Labute approximate surface area is 120 Å². The van der Waals surface area contributed by atoms with Gasteiger partial charge in [0.25, 0.3) is 0 Å². The molecule has 0 radical (unpaired) electrons. The van der Waals surface area contributed by atoms with Gasteiger partial charge in [0.05, 0.1) is 6.26 Å². The molecule has 1 aliphatic rings. The third-order valence-electron chi connectivity index (χ3n) is 2.89. The van der Waals surface area contributed by atoms with E-state index in [0.29, 0.717) is 24.7 Å². The monoisotopic (exact) mass is 352 g/mol. The first-order valence-corrected chi connectivity index (χ1v) is 8.53. The summed E-state index contributed by atoms with van der Waals surface area (Å²) in [6.45, 7) is 1.59. The Morgan fingerprint density at radius 1 is 1.44 bits per heavy atom. The van der Waals surface area contributed by atoms with E-state index in [4.69, 9.17) is 11.6 Å². The third-order valence-corrected chi connectivity index (χ3v) is 4.84. The topological polar surface area (TPSA) is 49.4 Å². The number of nitrogens with zero attached hydrogens (tertiary/aromatic N) is 1. The summed E-state index contributed by atoms with van der Waals surface area (Å²) in [5.41, 5.74) is 0.989. The van der Waals surface area contributed by atoms with Gasteiger partial charge in [0.1, 0.15) is 0 Å². The van der Waals surface area contributed by atoms with Crippen LogP contribution in [0.2, 0.25) is 5.02 Å². The summed E-state index contributed by atoms with van der Waals surface area (Å²) >= 11 is 9.40. The molecule has 0 aromatic heterocycles. The highest BCUT2D eigenvalue weighted by Gasteiger charge is 2.26. The van der Waals surface area contributed by atoms with Crippen LogP contribution < -0.4 is 5.32 Å². The van der Waals surface area contributed by atoms with Gasteiger partial charge in [-0.15, -0.1) is 0 Å². The Morgan fingerprint density at radius 3 is 2.78 bits per heavy atom. The van der Waals surface area contributed by atoms with E-state index < -0.39 is 10.0 Å². The molecule has 1 N–H and O–H groups in total. The average molecular weight is 354 g/mol. The van der Waals surface area contributed by atoms with E-state index in [9.17, 15) is 8.42 Å². The van der Waals surface area contributed by atoms with E-state index in [1.165, 1.54) is 10.6 Å². The molecule has 2 rings (SSSR count). The Hall–Kier alpha value is -0.140. The molecule has 0 amide bonds. The molecule has 0 spiro atoms. The zero-order valence-corrected chi connectivity index (χ0v) is 13.0. The maximum absolute atomic E-state index is 11.6. The molecule has 0 unspecified atom stereocenters. The third kappa shape index (κ3) is 3.45. The number of hydrogen-bond donors (Lipinski definition) is 1. The fraction of sp³-hybridized carbons (Fsp3) is 0.455. The van der Waals surface area contributed by atoms with Crippen LogP contribution in [0.25, 0.3) is 0 Å². The molecule has 4 nitrogen and oxygen atoms in total. The number of benzene rings is 1. The van der Waals surface area contributed by atoms with Gasteiger partial charge < -0.3 is 5.32 Å². The second-order valence-corrected chi connectivity index (χ2v) is 7.67. The van der Waals surface area contributed by atoms with Gasteiger partial charge in [0.15, 0.2) is 0 Å². The molecule has 1 atom stereocenters. The lowest BCUT2D eigenvalue weighted by Crippen LogP contribution is -2.47. The fourth-order valence-corrected chi connectivity index (χ4v) is 3.75. The van der Waals surface area contributed by atoms with Gasteiger partial charge in [-0.3, -0.25) is 0 Å². The molecule has 7 heteroatoms. The second-order valence-electron chi connectivity index (χ2n) is 4.33. The van der Waals surface area contributed by atoms with Crippen LogP contribution >= 0.6 is 27.5 Å². The highest BCUT2D eigenvalue weighted by atomic mass is 79.9. The smallest absolute Gasteiger partial charge is 0.211 e. The molecule has 1 aliphatic heterocycles. The molecular weight excluding hydrogens is 340 g/mol. The van der Waals surface area contributed by atoms with E-state index in [0.717, 1.165) is 10.0 Å². The maximum Gasteiger partial charge on any atom is 0.211 e. The standard InChI is InChI=1S/C11H14BrClN2O2S/c1-18(16,17)15-3-2-14-11(7-15)8-4-9(12)6-10(13)5-8/h4-6,11,14H,2-3,7H2,1H3/t11-/m1/s1. The molecular formula is C11H14BrClN2O2S. The van der Waals surface area contributed by atoms with Gasteiger partial charge >= 0.3 is 0 Å². The molecule has 1 aromatic carbocycles. The van der Waals surface area contributed by atoms with Crippen LogP contribution in [0.5, 0.6) is 0 Å². The SMILES string of the molecule is CS(=O)(=O)N1CCN[C@@H](c2cc(Cl)cc(Br)c2)C1. The number of hydrogen-bond acceptors (Lipinski definition) is 3. The zero-order valence-electron chi connectivity index (χ0n) is 9.86. The van der Waals surface area contributed by atoms with Crippen LogP contribution in [0.1, 0.15) is 11.6 Å². The van der Waals surface area contributed by atoms with Crippen molar-refractivity contribution >= 4 is 37.6 Å². The molecule has 18 heavy (non-hydrogen) atoms. The van der Waals surface area contributed by atoms with Crippen molar-refractivity contribution in [1.82, 2.24) is 9.62 Å². The minimum atomic E-state index is -3.14. The molecule has 0 bridgehead atoms. The molecule has 1 heterocycles. The number of halogens is 2. The summed E-state index contributed by atoms with van der Waals surface area (Å²) < 4.78 is 25.5. The lowest BCUT2D eigenvalue weighted by atomic mass is 10.1. The molecule has 0 saturated carbocycles. The predicted octanol–water partition coefficient (Wildman–Crippen LogP) is 2.01. The van der Waals surface area contributed by atoms with Crippen LogP contribution in [0.3, 0.4) is 0 Å². The minimum absolute atomic E-state index is 0.0246. The van der Waals surface area contributed by atoms with Crippen molar-refractivity contribution in [1.29, 1.82) is 0 Å². The molecule has 1 fully saturated rings. The minimum Gasteiger partial charge on any atom is -0.308 e. The number of rotatable bonds is 2. The van der Waals surface area contributed by atoms with Crippen molar-refractivity contribution in [2.24, 2.45) is 0 Å². The van der Waals surface area contributed by atoms with E-state index in [2.05, 4.69) is 21.2 Å². The zero-order chi connectivity index (χ0) is 13.3. The highest BCUT2D eigenvalue weighted by Crippen LogP contribution is 2.26. The first-order valence-electron chi connectivity index (χ1n) is 5.51. The van der Waals surface area contributed by atoms with Crippen LogP contribution in [-0.2, 0) is 10.0 Å². The number of piperazine rings is 1. The summed E-state index contributed by atoms with van der Waals surface area (Å²) in [6.07, 6.45) is 1.24. The maximum atomic E-state index is 11.6. The largest absolute Gasteiger partial charge is 0.308 e. The van der Waals surface area contributed by atoms with E-state index >= 15 is 0 Å². The van der Waals surface area contributed by atoms with Crippen LogP contribution in [0, 0.1) is 0 Å². The summed E-state index contributed by atoms with van der Waals surface area (Å²) in [7, 11) is -3.14. The molecule has 0 aliphatic carbocycles. The lowest BCUT2D eigenvalue weighted by Gasteiger charge is -2.32. The van der Waals surface area contributed by atoms with E-state index in [1.807, 2.05) is 18.2 Å². The van der Waals surface area contributed by atoms with Crippen LogP contribution in [0.15, 0.2) is 22.7 Å². The Bertz CT molecular complexity index is 530. The first kappa shape index (κ1) is 14.3. The average Bonchev–Trinajstić information content (AvgIpc) is 2.27. The van der Waals surface area contributed by atoms with Crippen LogP contribution in [-0.4, -0.2) is 38.6 Å². The summed E-state index contributed by atoms with van der Waals surface area (Å²) in [6, 6.07) is 5.59. The van der Waals surface area contributed by atoms with Gasteiger partial charge in [-0.2, -0.15) is 4.31 Å². The van der Waals surface area contributed by atoms with E-state index in [-0.39, 0.29) is 6.04 Å². The van der Waals surface area contributed by atoms with Crippen molar-refractivity contribution in [3.05, 3.63) is 33.3 Å². The van der Waals surface area contributed by atoms with Gasteiger partial charge in [-0.05, 0) is 23.8 Å². The van der Waals surface area contributed by atoms with Gasteiger partial charge in [0.2, 0.25) is 10.0 Å². The van der Waals surface area contributed by atoms with E-state index in [1.54, 1.807) is 0 Å². The fourth-order valence-electron chi connectivity index (χ4n) is 2.02. The van der Waals surface area contributed by atoms with Crippen molar-refractivity contribution in [2.75, 3.05) is 25.9 Å². The lowest BCUT2D eigenvalue weighted by molar-refractivity contribution is 0.303. The summed E-state index contributed by atoms with van der Waals surface area (Å²) in [4.78, 5) is 0. The predicted molar refractivity (Wildman–Crippen MR) is 76.3 cm³/mol. The van der Waals surface area contributed by atoms with Gasteiger partial charge in [0, 0.05) is 35.2 Å². The Morgan fingerprint density at radius 2 is 2.17 bits per heavy atom. The van der Waals surface area contributed by atoms with Gasteiger partial charge in [-0.25, -0.2) is 8.42 Å². The molecule has 1 saturated heterocycles. The second kappa shape index (κ2) is 5.46. The molecule has 1 aromatic rings. The highest BCUT2D eigenvalue weighted by molar-refractivity contribution is 9.10. The van der Waals surface area contributed by atoms with Crippen molar-refractivity contribution in [2.45, 2.75) is 6.04 Å². The number of nitrogens with one attached hydrogen (secondary N) is 1. The van der Waals surface area contributed by atoms with Crippen molar-refractivity contribution in [3.8, 4) is 0 Å². The Kier molecular flexibility index (Phi) is 4.33. The van der Waals surface area contributed by atoms with Gasteiger partial charge in [-0.1, -0.05) is 27.5 Å². The quantitative estimate of drug-likeness (QED) is 0.885. The summed E-state index contributed by atoms with van der Waals surface area (Å²) in [5, 5.41) is 3.94. The Balaban J connectivity index is 2.23. The normalized spacial score (nSPS) is 22.1. The summed E-state index contributed by atoms with van der Waals surface area (Å²) in [5.74, 6) is 0.